The standard InChI is InChI=1S/C27H30F4N6O5S2/c1-14-33-23(41-19-6-5-17(20(29)21(19)30)36-44(39,40)27(31)8-9-27)22(43-14)18-7-10-32-24(35-18)34-16-11-15(28)12-37(13-16)25(38)42-26(2,3)4/h5-7,10,15-16,36H,8-9,11-13H2,1-4H3,(H,32,34,35)/t15-,16-/m0/s1. The first-order valence-corrected chi connectivity index (χ1v) is 15.9. The molecule has 2 atom stereocenters. The summed E-state index contributed by atoms with van der Waals surface area (Å²) in [5.41, 5.74) is -1.19. The number of nitrogens with zero attached hydrogens (tertiary/aromatic N) is 4. The van der Waals surface area contributed by atoms with Crippen molar-refractivity contribution in [2.75, 3.05) is 23.1 Å². The summed E-state index contributed by atoms with van der Waals surface area (Å²) in [5, 5.41) is 1.04. The third-order valence-electron chi connectivity index (χ3n) is 6.60. The van der Waals surface area contributed by atoms with Gasteiger partial charge < -0.3 is 19.7 Å². The van der Waals surface area contributed by atoms with Crippen LogP contribution in [0.15, 0.2) is 24.4 Å². The highest BCUT2D eigenvalue weighted by atomic mass is 32.2. The van der Waals surface area contributed by atoms with E-state index in [0.717, 1.165) is 23.5 Å². The Labute approximate surface area is 255 Å². The number of hydrogen-bond acceptors (Lipinski definition) is 10. The van der Waals surface area contributed by atoms with Gasteiger partial charge in [0.25, 0.3) is 10.0 Å². The molecule has 2 aliphatic rings. The van der Waals surface area contributed by atoms with Crippen molar-refractivity contribution >= 4 is 39.1 Å². The third kappa shape index (κ3) is 6.98. The van der Waals surface area contributed by atoms with Crippen LogP contribution in [0.4, 0.5) is 34.0 Å². The number of anilines is 2. The number of hydrogen-bond donors (Lipinski definition) is 2. The van der Waals surface area contributed by atoms with Crippen molar-refractivity contribution in [3.8, 4) is 22.2 Å². The van der Waals surface area contributed by atoms with Crippen LogP contribution in [0, 0.1) is 18.6 Å². The van der Waals surface area contributed by atoms with E-state index in [-0.39, 0.29) is 44.2 Å². The quantitative estimate of drug-likeness (QED) is 0.282. The number of carbonyl (C=O) groups is 1. The van der Waals surface area contributed by atoms with Crippen LogP contribution in [-0.4, -0.2) is 70.3 Å². The summed E-state index contributed by atoms with van der Waals surface area (Å²) < 4.78 is 95.3. The van der Waals surface area contributed by atoms with E-state index in [1.165, 1.54) is 17.2 Å². The van der Waals surface area contributed by atoms with E-state index in [0.29, 0.717) is 15.6 Å². The molecular formula is C27H30F4N6O5S2. The highest BCUT2D eigenvalue weighted by Gasteiger charge is 2.56. The molecule has 1 amide bonds. The molecule has 1 aromatic carbocycles. The number of nitrogens with one attached hydrogen (secondary N) is 2. The number of ether oxygens (including phenoxy) is 2. The van der Waals surface area contributed by atoms with Gasteiger partial charge in [-0.1, -0.05) is 0 Å². The van der Waals surface area contributed by atoms with Crippen LogP contribution in [0.25, 0.3) is 10.6 Å². The van der Waals surface area contributed by atoms with Gasteiger partial charge in [-0.15, -0.1) is 11.3 Å². The monoisotopic (exact) mass is 658 g/mol. The SMILES string of the molecule is Cc1nc(Oc2ccc(NS(=O)(=O)C3(F)CC3)c(F)c2F)c(-c2ccnc(N[C@H]3C[C@H](F)CN(C(=O)OC(C)(C)C)C3)n2)s1. The van der Waals surface area contributed by atoms with Gasteiger partial charge >= 0.3 is 6.09 Å². The van der Waals surface area contributed by atoms with Crippen molar-refractivity contribution in [2.45, 2.75) is 69.8 Å². The van der Waals surface area contributed by atoms with Crippen molar-refractivity contribution in [3.05, 3.63) is 41.0 Å². The summed E-state index contributed by atoms with van der Waals surface area (Å²) in [4.78, 5) is 27.0. The molecule has 0 bridgehead atoms. The minimum absolute atomic E-state index is 0.101. The highest BCUT2D eigenvalue weighted by molar-refractivity contribution is 7.94. The Morgan fingerprint density at radius 3 is 2.55 bits per heavy atom. The minimum atomic E-state index is -4.56. The van der Waals surface area contributed by atoms with Crippen LogP contribution in [0.3, 0.4) is 0 Å². The number of carbonyl (C=O) groups excluding carboxylic acids is 1. The van der Waals surface area contributed by atoms with Gasteiger partial charge in [-0.2, -0.15) is 4.39 Å². The summed E-state index contributed by atoms with van der Waals surface area (Å²) in [6, 6.07) is 2.93. The Balaban J connectivity index is 1.33. The summed E-state index contributed by atoms with van der Waals surface area (Å²) in [5.74, 6) is -3.66. The number of aromatic nitrogens is 3. The number of piperidine rings is 1. The number of sulfonamides is 1. The first-order valence-electron chi connectivity index (χ1n) is 13.6. The average molecular weight is 659 g/mol. The van der Waals surface area contributed by atoms with E-state index >= 15 is 0 Å². The average Bonchev–Trinajstić information content (AvgIpc) is 3.59. The summed E-state index contributed by atoms with van der Waals surface area (Å²) >= 11 is 1.15. The Bertz CT molecular complexity index is 1680. The van der Waals surface area contributed by atoms with Gasteiger partial charge in [0.1, 0.15) is 16.6 Å². The van der Waals surface area contributed by atoms with Crippen LogP contribution in [-0.2, 0) is 14.8 Å². The molecule has 1 saturated carbocycles. The van der Waals surface area contributed by atoms with Crippen molar-refractivity contribution in [1.82, 2.24) is 19.9 Å². The number of alkyl halides is 2. The van der Waals surface area contributed by atoms with Crippen LogP contribution >= 0.6 is 11.3 Å². The van der Waals surface area contributed by atoms with E-state index in [1.807, 2.05) is 0 Å². The van der Waals surface area contributed by atoms with E-state index in [9.17, 15) is 30.8 Å². The molecule has 44 heavy (non-hydrogen) atoms. The first-order chi connectivity index (χ1) is 20.5. The second kappa shape index (κ2) is 11.6. The first kappa shape index (κ1) is 31.7. The van der Waals surface area contributed by atoms with Gasteiger partial charge in [-0.05, 0) is 45.9 Å². The van der Waals surface area contributed by atoms with E-state index in [4.69, 9.17) is 9.47 Å². The smallest absolute Gasteiger partial charge is 0.410 e. The molecule has 0 spiro atoms. The Kier molecular flexibility index (Phi) is 8.39. The predicted molar refractivity (Wildman–Crippen MR) is 155 cm³/mol. The predicted octanol–water partition coefficient (Wildman–Crippen LogP) is 5.94. The number of rotatable bonds is 8. The van der Waals surface area contributed by atoms with Crippen LogP contribution in [0.5, 0.6) is 11.6 Å². The Morgan fingerprint density at radius 1 is 1.14 bits per heavy atom. The fraction of sp³-hybridized carbons (Fsp3) is 0.481. The number of amides is 1. The van der Waals surface area contributed by atoms with Gasteiger partial charge in [0.2, 0.25) is 22.6 Å². The van der Waals surface area contributed by atoms with E-state index < -0.39 is 62.0 Å². The maximum atomic E-state index is 15.0. The summed E-state index contributed by atoms with van der Waals surface area (Å²) in [6.07, 6.45) is -0.868. The molecule has 0 radical (unpaired) electrons. The van der Waals surface area contributed by atoms with Crippen LogP contribution in [0.2, 0.25) is 0 Å². The lowest BCUT2D eigenvalue weighted by Crippen LogP contribution is -2.51. The number of likely N-dealkylation sites (tertiary alicyclic amines) is 1. The maximum absolute atomic E-state index is 15.0. The fourth-order valence-corrected chi connectivity index (χ4v) is 6.48. The van der Waals surface area contributed by atoms with Crippen molar-refractivity contribution in [1.29, 1.82) is 0 Å². The lowest BCUT2D eigenvalue weighted by Gasteiger charge is -2.36. The summed E-state index contributed by atoms with van der Waals surface area (Å²) in [6.45, 7) is 6.87. The maximum Gasteiger partial charge on any atom is 0.410 e. The molecule has 11 nitrogen and oxygen atoms in total. The third-order valence-corrected chi connectivity index (χ3v) is 9.43. The number of aryl methyl sites for hydroxylation is 1. The highest BCUT2D eigenvalue weighted by Crippen LogP contribution is 2.46. The molecule has 2 fully saturated rings. The van der Waals surface area contributed by atoms with Crippen molar-refractivity contribution in [2.24, 2.45) is 0 Å². The van der Waals surface area contributed by atoms with Gasteiger partial charge in [0.05, 0.1) is 22.9 Å². The number of thiazole rings is 1. The minimum Gasteiger partial charge on any atom is -0.444 e. The number of halogens is 4. The zero-order valence-corrected chi connectivity index (χ0v) is 25.8. The topological polar surface area (TPSA) is 136 Å². The second-order valence-electron chi connectivity index (χ2n) is 11.5. The molecule has 3 aromatic rings. The molecule has 1 aliphatic heterocycles. The lowest BCUT2D eigenvalue weighted by molar-refractivity contribution is 0.0124. The molecule has 0 unspecified atom stereocenters. The van der Waals surface area contributed by atoms with Gasteiger partial charge in [0.15, 0.2) is 11.6 Å². The normalized spacial score (nSPS) is 19.8. The molecule has 1 aliphatic carbocycles. The fourth-order valence-electron chi connectivity index (χ4n) is 4.39. The Hall–Kier alpha value is -3.73. The zero-order valence-electron chi connectivity index (χ0n) is 24.2. The molecular weight excluding hydrogens is 628 g/mol. The van der Waals surface area contributed by atoms with Gasteiger partial charge in [-0.25, -0.2) is 41.3 Å². The largest absolute Gasteiger partial charge is 0.444 e. The van der Waals surface area contributed by atoms with Gasteiger partial charge in [0, 0.05) is 38.0 Å². The molecule has 17 heteroatoms. The van der Waals surface area contributed by atoms with Gasteiger partial charge in [-0.3, -0.25) is 4.72 Å². The van der Waals surface area contributed by atoms with Crippen molar-refractivity contribution < 1.29 is 40.2 Å². The zero-order chi connectivity index (χ0) is 32.0. The summed E-state index contributed by atoms with van der Waals surface area (Å²) in [7, 11) is -4.56. The van der Waals surface area contributed by atoms with Crippen LogP contribution in [0.1, 0.15) is 45.0 Å². The molecule has 3 heterocycles. The molecule has 238 valence electrons. The lowest BCUT2D eigenvalue weighted by atomic mass is 10.0. The van der Waals surface area contributed by atoms with Crippen LogP contribution < -0.4 is 14.8 Å². The number of benzene rings is 1. The molecule has 2 N–H and O–H groups in total. The van der Waals surface area contributed by atoms with E-state index in [2.05, 4.69) is 20.3 Å². The Morgan fingerprint density at radius 2 is 1.86 bits per heavy atom. The molecule has 1 saturated heterocycles. The molecule has 5 rings (SSSR count). The molecule has 2 aromatic heterocycles. The van der Waals surface area contributed by atoms with E-state index in [1.54, 1.807) is 32.4 Å². The van der Waals surface area contributed by atoms with Crippen molar-refractivity contribution in [3.63, 3.8) is 0 Å². The second-order valence-corrected chi connectivity index (χ2v) is 14.7.